The summed E-state index contributed by atoms with van der Waals surface area (Å²) in [7, 11) is 1.75. The molecule has 0 spiro atoms. The van der Waals surface area contributed by atoms with E-state index in [4.69, 9.17) is 0 Å². The van der Waals surface area contributed by atoms with Crippen molar-refractivity contribution in [2.45, 2.75) is 6.54 Å². The molecule has 0 amide bonds. The van der Waals surface area contributed by atoms with Crippen molar-refractivity contribution in [1.82, 2.24) is 19.7 Å². The van der Waals surface area contributed by atoms with Crippen molar-refractivity contribution in [3.63, 3.8) is 0 Å². The summed E-state index contributed by atoms with van der Waals surface area (Å²) in [5.41, 5.74) is 0.645. The maximum Gasteiger partial charge on any atom is 0.307 e. The van der Waals surface area contributed by atoms with Gasteiger partial charge in [-0.1, -0.05) is 0 Å². The third-order valence-electron chi connectivity index (χ3n) is 2.12. The minimum absolute atomic E-state index is 0.0372. The van der Waals surface area contributed by atoms with Gasteiger partial charge in [0.15, 0.2) is 0 Å². The highest BCUT2D eigenvalue weighted by Crippen LogP contribution is 2.09. The Kier molecular flexibility index (Phi) is 2.95. The molecule has 0 fully saturated rings. The monoisotopic (exact) mass is 234 g/mol. The Bertz CT molecular complexity index is 521. The molecule has 0 aliphatic rings. The summed E-state index contributed by atoms with van der Waals surface area (Å²) in [5.74, 6) is 0.667. The number of nitro groups is 1. The van der Waals surface area contributed by atoms with Crippen molar-refractivity contribution in [1.29, 1.82) is 0 Å². The molecule has 0 unspecified atom stereocenters. The number of rotatable bonds is 4. The van der Waals surface area contributed by atoms with Crippen LogP contribution in [0.15, 0.2) is 24.8 Å². The van der Waals surface area contributed by atoms with Crippen LogP contribution in [0, 0.1) is 10.1 Å². The molecule has 2 aromatic rings. The van der Waals surface area contributed by atoms with Gasteiger partial charge in [0.25, 0.3) is 0 Å². The van der Waals surface area contributed by atoms with E-state index in [9.17, 15) is 10.1 Å². The zero-order chi connectivity index (χ0) is 12.3. The molecule has 0 aliphatic carbocycles. The van der Waals surface area contributed by atoms with E-state index in [1.165, 1.54) is 17.1 Å². The van der Waals surface area contributed by atoms with Gasteiger partial charge in [-0.2, -0.15) is 5.10 Å². The third kappa shape index (κ3) is 2.54. The van der Waals surface area contributed by atoms with Gasteiger partial charge in [-0.15, -0.1) is 0 Å². The highest BCUT2D eigenvalue weighted by molar-refractivity contribution is 5.29. The molecule has 0 radical (unpaired) electrons. The number of hydrogen-bond acceptors (Lipinski definition) is 6. The quantitative estimate of drug-likeness (QED) is 0.616. The Morgan fingerprint density at radius 2 is 2.24 bits per heavy atom. The van der Waals surface area contributed by atoms with Crippen LogP contribution >= 0.6 is 0 Å². The highest BCUT2D eigenvalue weighted by Gasteiger charge is 2.09. The van der Waals surface area contributed by atoms with Gasteiger partial charge in [0.05, 0.1) is 29.6 Å². The van der Waals surface area contributed by atoms with Gasteiger partial charge in [0.1, 0.15) is 18.2 Å². The van der Waals surface area contributed by atoms with Crippen LogP contribution in [0.4, 0.5) is 11.5 Å². The van der Waals surface area contributed by atoms with Gasteiger partial charge in [0.2, 0.25) is 0 Å². The lowest BCUT2D eigenvalue weighted by atomic mass is 10.4. The smallest absolute Gasteiger partial charge is 0.307 e. The first-order valence-corrected chi connectivity index (χ1v) is 4.84. The summed E-state index contributed by atoms with van der Waals surface area (Å²) >= 11 is 0. The zero-order valence-corrected chi connectivity index (χ0v) is 9.07. The van der Waals surface area contributed by atoms with Crippen LogP contribution in [0.25, 0.3) is 0 Å². The number of anilines is 1. The second kappa shape index (κ2) is 4.56. The summed E-state index contributed by atoms with van der Waals surface area (Å²) in [5, 5.41) is 17.2. The van der Waals surface area contributed by atoms with E-state index in [1.807, 2.05) is 0 Å². The fourth-order valence-electron chi connectivity index (χ4n) is 1.26. The molecule has 0 aromatic carbocycles. The van der Waals surface area contributed by atoms with E-state index < -0.39 is 4.92 Å². The van der Waals surface area contributed by atoms with Crippen LogP contribution < -0.4 is 5.32 Å². The van der Waals surface area contributed by atoms with Crippen LogP contribution in [0.2, 0.25) is 0 Å². The van der Waals surface area contributed by atoms with E-state index in [-0.39, 0.29) is 5.69 Å². The molecule has 8 heteroatoms. The van der Waals surface area contributed by atoms with Gasteiger partial charge < -0.3 is 5.32 Å². The van der Waals surface area contributed by atoms with E-state index in [1.54, 1.807) is 19.4 Å². The van der Waals surface area contributed by atoms with E-state index in [0.29, 0.717) is 18.1 Å². The minimum Gasteiger partial charge on any atom is -0.372 e. The first kappa shape index (κ1) is 11.0. The molecular weight excluding hydrogens is 224 g/mol. The van der Waals surface area contributed by atoms with Crippen LogP contribution in [-0.2, 0) is 6.54 Å². The number of aromatic nitrogens is 4. The number of nitrogens with zero attached hydrogens (tertiary/aromatic N) is 5. The van der Waals surface area contributed by atoms with Gasteiger partial charge in [-0.3, -0.25) is 19.8 Å². The molecule has 1 N–H and O–H groups in total. The van der Waals surface area contributed by atoms with E-state index >= 15 is 0 Å². The number of nitrogens with one attached hydrogen (secondary N) is 1. The predicted octanol–water partition coefficient (Wildman–Crippen LogP) is 0.671. The van der Waals surface area contributed by atoms with Crippen molar-refractivity contribution in [3.8, 4) is 0 Å². The topological polar surface area (TPSA) is 98.8 Å². The van der Waals surface area contributed by atoms with Crippen LogP contribution in [0.3, 0.4) is 0 Å². The summed E-state index contributed by atoms with van der Waals surface area (Å²) in [6.07, 6.45) is 5.75. The van der Waals surface area contributed by atoms with Crippen molar-refractivity contribution in [2.75, 3.05) is 12.4 Å². The van der Waals surface area contributed by atoms with Gasteiger partial charge in [0, 0.05) is 7.05 Å². The Labute approximate surface area is 96.5 Å². The van der Waals surface area contributed by atoms with E-state index in [2.05, 4.69) is 20.4 Å². The summed E-state index contributed by atoms with van der Waals surface area (Å²) < 4.78 is 1.45. The fourth-order valence-corrected chi connectivity index (χ4v) is 1.26. The molecule has 2 heterocycles. The molecule has 0 aliphatic heterocycles. The number of hydrogen-bond donors (Lipinski definition) is 1. The van der Waals surface area contributed by atoms with Crippen molar-refractivity contribution in [2.24, 2.45) is 0 Å². The van der Waals surface area contributed by atoms with Crippen LogP contribution in [0.1, 0.15) is 5.69 Å². The van der Waals surface area contributed by atoms with Gasteiger partial charge >= 0.3 is 5.69 Å². The SMILES string of the molecule is CNc1cnc(Cn2cc([N+](=O)[O-])cn2)cn1. The Balaban J connectivity index is 2.11. The average Bonchev–Trinajstić information content (AvgIpc) is 2.79. The second-order valence-corrected chi connectivity index (χ2v) is 3.30. The molecule has 8 nitrogen and oxygen atoms in total. The lowest BCUT2D eigenvalue weighted by Gasteiger charge is -2.01. The summed E-state index contributed by atoms with van der Waals surface area (Å²) in [6, 6.07) is 0. The van der Waals surface area contributed by atoms with Gasteiger partial charge in [-0.25, -0.2) is 4.98 Å². The molecule has 0 atom stereocenters. The van der Waals surface area contributed by atoms with Crippen molar-refractivity contribution < 1.29 is 4.92 Å². The first-order valence-electron chi connectivity index (χ1n) is 4.84. The Morgan fingerprint density at radius 3 is 2.76 bits per heavy atom. The fraction of sp³-hybridized carbons (Fsp3) is 0.222. The first-order chi connectivity index (χ1) is 8.19. The normalized spacial score (nSPS) is 10.2. The van der Waals surface area contributed by atoms with Crippen molar-refractivity contribution >= 4 is 11.5 Å². The largest absolute Gasteiger partial charge is 0.372 e. The second-order valence-electron chi connectivity index (χ2n) is 3.30. The van der Waals surface area contributed by atoms with Crippen molar-refractivity contribution in [3.05, 3.63) is 40.6 Å². The summed E-state index contributed by atoms with van der Waals surface area (Å²) in [4.78, 5) is 18.2. The lowest BCUT2D eigenvalue weighted by molar-refractivity contribution is -0.385. The molecule has 2 rings (SSSR count). The molecular formula is C9H10N6O2. The third-order valence-corrected chi connectivity index (χ3v) is 2.12. The standard InChI is InChI=1S/C9H10N6O2/c1-10-9-4-11-7(2-12-9)5-14-6-8(3-13-14)15(16)17/h2-4,6H,5H2,1H3,(H,10,12). The molecule has 0 saturated carbocycles. The predicted molar refractivity (Wildman–Crippen MR) is 59.6 cm³/mol. The highest BCUT2D eigenvalue weighted by atomic mass is 16.6. The maximum absolute atomic E-state index is 10.5. The van der Waals surface area contributed by atoms with Crippen LogP contribution in [0.5, 0.6) is 0 Å². The molecule has 0 bridgehead atoms. The minimum atomic E-state index is -0.487. The molecule has 0 saturated heterocycles. The summed E-state index contributed by atoms with van der Waals surface area (Å²) in [6.45, 7) is 0.352. The maximum atomic E-state index is 10.5. The zero-order valence-electron chi connectivity index (χ0n) is 9.07. The van der Waals surface area contributed by atoms with Crippen LogP contribution in [-0.4, -0.2) is 31.7 Å². The molecule has 88 valence electrons. The molecule has 17 heavy (non-hydrogen) atoms. The average molecular weight is 234 g/mol. The lowest BCUT2D eigenvalue weighted by Crippen LogP contribution is -2.03. The van der Waals surface area contributed by atoms with E-state index in [0.717, 1.165) is 0 Å². The molecule has 2 aromatic heterocycles. The Morgan fingerprint density at radius 1 is 1.41 bits per heavy atom. The van der Waals surface area contributed by atoms with Gasteiger partial charge in [-0.05, 0) is 0 Å². The Hall–Kier alpha value is -2.51.